The predicted octanol–water partition coefficient (Wildman–Crippen LogP) is 2.82. The van der Waals surface area contributed by atoms with Gasteiger partial charge < -0.3 is 15.4 Å². The molecule has 0 bridgehead atoms. The lowest BCUT2D eigenvalue weighted by molar-refractivity contribution is 0.0728. The van der Waals surface area contributed by atoms with Crippen LogP contribution in [0, 0.1) is 0 Å². The summed E-state index contributed by atoms with van der Waals surface area (Å²) in [5.41, 5.74) is 6.30. The quantitative estimate of drug-likeness (QED) is 0.876. The van der Waals surface area contributed by atoms with Crippen molar-refractivity contribution in [3.63, 3.8) is 0 Å². The average molecular weight is 290 g/mol. The van der Waals surface area contributed by atoms with E-state index in [2.05, 4.69) is 0 Å². The van der Waals surface area contributed by atoms with Gasteiger partial charge in [0, 0.05) is 18.2 Å². The molecular formula is C17H26N2O2. The van der Waals surface area contributed by atoms with Crippen molar-refractivity contribution in [2.45, 2.75) is 51.7 Å². The molecule has 1 amide bonds. The maximum atomic E-state index is 12.7. The molecule has 4 nitrogen and oxygen atoms in total. The predicted molar refractivity (Wildman–Crippen MR) is 84.6 cm³/mol. The van der Waals surface area contributed by atoms with Gasteiger partial charge in [-0.15, -0.1) is 0 Å². The second-order valence-electron chi connectivity index (χ2n) is 5.92. The van der Waals surface area contributed by atoms with Gasteiger partial charge in [-0.1, -0.05) is 6.07 Å². The van der Waals surface area contributed by atoms with Crippen LogP contribution in [0.3, 0.4) is 0 Å². The normalized spacial score (nSPS) is 18.3. The Morgan fingerprint density at radius 3 is 3.00 bits per heavy atom. The number of likely N-dealkylation sites (tertiary alicyclic amines) is 1. The number of amides is 1. The maximum absolute atomic E-state index is 12.7. The van der Waals surface area contributed by atoms with Crippen molar-refractivity contribution in [3.05, 3.63) is 29.8 Å². The number of carbonyl (C=O) groups excluding carboxylic acids is 1. The highest BCUT2D eigenvalue weighted by Crippen LogP contribution is 2.25. The Hall–Kier alpha value is -1.55. The van der Waals surface area contributed by atoms with Crippen LogP contribution in [-0.4, -0.2) is 36.0 Å². The van der Waals surface area contributed by atoms with E-state index in [-0.39, 0.29) is 12.0 Å². The minimum absolute atomic E-state index is 0.111. The summed E-state index contributed by atoms with van der Waals surface area (Å²) < 4.78 is 5.67. The zero-order valence-corrected chi connectivity index (χ0v) is 13.0. The molecule has 0 spiro atoms. The summed E-state index contributed by atoms with van der Waals surface area (Å²) in [6, 6.07) is 7.84. The highest BCUT2D eigenvalue weighted by molar-refractivity contribution is 5.95. The molecule has 2 rings (SSSR count). The first kappa shape index (κ1) is 15.8. The summed E-state index contributed by atoms with van der Waals surface area (Å²) in [4.78, 5) is 14.7. The molecule has 21 heavy (non-hydrogen) atoms. The van der Waals surface area contributed by atoms with Gasteiger partial charge in [-0.2, -0.15) is 0 Å². The van der Waals surface area contributed by atoms with Crippen LogP contribution in [0.1, 0.15) is 49.9 Å². The van der Waals surface area contributed by atoms with Crippen molar-refractivity contribution in [2.24, 2.45) is 5.73 Å². The first-order valence-corrected chi connectivity index (χ1v) is 7.89. The largest absolute Gasteiger partial charge is 0.491 e. The fourth-order valence-corrected chi connectivity index (χ4v) is 2.90. The van der Waals surface area contributed by atoms with Crippen molar-refractivity contribution < 1.29 is 9.53 Å². The Balaban J connectivity index is 2.08. The van der Waals surface area contributed by atoms with Crippen molar-refractivity contribution in [3.8, 4) is 5.75 Å². The fraction of sp³-hybridized carbons (Fsp3) is 0.588. The Labute approximate surface area is 127 Å². The molecule has 0 saturated carbocycles. The topological polar surface area (TPSA) is 55.6 Å². The lowest BCUT2D eigenvalue weighted by atomic mass is 10.1. The van der Waals surface area contributed by atoms with Crippen LogP contribution in [0.5, 0.6) is 5.75 Å². The SMILES string of the molecule is CC(C)Oc1cccc(C(=O)N2CCCC2CCCN)c1. The van der Waals surface area contributed by atoms with Crippen LogP contribution in [0.4, 0.5) is 0 Å². The first-order valence-electron chi connectivity index (χ1n) is 7.89. The number of benzene rings is 1. The van der Waals surface area contributed by atoms with Crippen LogP contribution < -0.4 is 10.5 Å². The molecule has 4 heteroatoms. The van der Waals surface area contributed by atoms with Gasteiger partial charge in [-0.3, -0.25) is 4.79 Å². The highest BCUT2D eigenvalue weighted by atomic mass is 16.5. The van der Waals surface area contributed by atoms with E-state index in [0.29, 0.717) is 18.2 Å². The van der Waals surface area contributed by atoms with Crippen molar-refractivity contribution in [1.82, 2.24) is 4.90 Å². The first-order chi connectivity index (χ1) is 10.1. The van der Waals surface area contributed by atoms with Crippen LogP contribution in [0.15, 0.2) is 24.3 Å². The average Bonchev–Trinajstić information content (AvgIpc) is 2.92. The summed E-state index contributed by atoms with van der Waals surface area (Å²) in [7, 11) is 0. The third kappa shape index (κ3) is 4.21. The Morgan fingerprint density at radius 1 is 1.48 bits per heavy atom. The summed E-state index contributed by atoms with van der Waals surface area (Å²) >= 11 is 0. The number of hydrogen-bond acceptors (Lipinski definition) is 3. The van der Waals surface area contributed by atoms with Gasteiger partial charge in [-0.25, -0.2) is 0 Å². The van der Waals surface area contributed by atoms with E-state index < -0.39 is 0 Å². The molecule has 1 unspecified atom stereocenters. The minimum Gasteiger partial charge on any atom is -0.491 e. The van der Waals surface area contributed by atoms with E-state index in [4.69, 9.17) is 10.5 Å². The Kier molecular flexibility index (Phi) is 5.62. The second kappa shape index (κ2) is 7.46. The van der Waals surface area contributed by atoms with E-state index in [9.17, 15) is 4.79 Å². The monoisotopic (exact) mass is 290 g/mol. The van der Waals surface area contributed by atoms with Crippen LogP contribution in [0.2, 0.25) is 0 Å². The number of carbonyl (C=O) groups is 1. The molecular weight excluding hydrogens is 264 g/mol. The van der Waals surface area contributed by atoms with Crippen LogP contribution in [-0.2, 0) is 0 Å². The highest BCUT2D eigenvalue weighted by Gasteiger charge is 2.28. The van der Waals surface area contributed by atoms with Crippen molar-refractivity contribution in [1.29, 1.82) is 0 Å². The van der Waals surface area contributed by atoms with E-state index in [0.717, 1.165) is 38.0 Å². The number of nitrogens with zero attached hydrogens (tertiary/aromatic N) is 1. The van der Waals surface area contributed by atoms with Crippen LogP contribution in [0.25, 0.3) is 0 Å². The second-order valence-corrected chi connectivity index (χ2v) is 5.92. The van der Waals surface area contributed by atoms with Gasteiger partial charge in [0.05, 0.1) is 6.10 Å². The summed E-state index contributed by atoms with van der Waals surface area (Å²) in [6.45, 7) is 5.51. The molecule has 1 heterocycles. The standard InChI is InChI=1S/C17H26N2O2/c1-13(2)21-16-9-3-6-14(12-16)17(20)19-11-5-8-15(19)7-4-10-18/h3,6,9,12-13,15H,4-5,7-8,10-11,18H2,1-2H3. The van der Waals surface area contributed by atoms with Gasteiger partial charge in [0.15, 0.2) is 0 Å². The number of ether oxygens (including phenoxy) is 1. The van der Waals surface area contributed by atoms with Gasteiger partial charge in [-0.05, 0) is 64.3 Å². The Morgan fingerprint density at radius 2 is 2.29 bits per heavy atom. The van der Waals surface area contributed by atoms with Crippen molar-refractivity contribution in [2.75, 3.05) is 13.1 Å². The zero-order valence-electron chi connectivity index (χ0n) is 13.0. The lowest BCUT2D eigenvalue weighted by Gasteiger charge is -2.25. The minimum atomic E-state index is 0.111. The molecule has 116 valence electrons. The third-order valence-corrected chi connectivity index (χ3v) is 3.83. The van der Waals surface area contributed by atoms with E-state index in [1.54, 1.807) is 0 Å². The molecule has 1 aromatic rings. The molecule has 0 radical (unpaired) electrons. The number of hydrogen-bond donors (Lipinski definition) is 1. The summed E-state index contributed by atoms with van der Waals surface area (Å²) in [5, 5.41) is 0. The zero-order chi connectivity index (χ0) is 15.2. The van der Waals surface area contributed by atoms with Gasteiger partial charge >= 0.3 is 0 Å². The molecule has 0 aliphatic carbocycles. The summed E-state index contributed by atoms with van der Waals surface area (Å²) in [5.74, 6) is 0.872. The summed E-state index contributed by atoms with van der Waals surface area (Å²) in [6.07, 6.45) is 4.27. The van der Waals surface area contributed by atoms with E-state index >= 15 is 0 Å². The van der Waals surface area contributed by atoms with E-state index in [1.165, 1.54) is 0 Å². The number of rotatable bonds is 6. The Bertz CT molecular complexity index is 474. The lowest BCUT2D eigenvalue weighted by Crippen LogP contribution is -2.35. The third-order valence-electron chi connectivity index (χ3n) is 3.83. The molecule has 1 fully saturated rings. The van der Waals surface area contributed by atoms with E-state index in [1.807, 2.05) is 43.0 Å². The molecule has 0 aromatic heterocycles. The van der Waals surface area contributed by atoms with Gasteiger partial charge in [0.25, 0.3) is 5.91 Å². The molecule has 1 atom stereocenters. The van der Waals surface area contributed by atoms with Gasteiger partial charge in [0.2, 0.25) is 0 Å². The van der Waals surface area contributed by atoms with Crippen LogP contribution >= 0.6 is 0 Å². The molecule has 1 aliphatic heterocycles. The molecule has 1 aromatic carbocycles. The number of nitrogens with two attached hydrogens (primary N) is 1. The fourth-order valence-electron chi connectivity index (χ4n) is 2.90. The van der Waals surface area contributed by atoms with Crippen molar-refractivity contribution >= 4 is 5.91 Å². The molecule has 1 saturated heterocycles. The maximum Gasteiger partial charge on any atom is 0.254 e. The molecule has 1 aliphatic rings. The molecule has 2 N–H and O–H groups in total. The van der Waals surface area contributed by atoms with Gasteiger partial charge in [0.1, 0.15) is 5.75 Å². The smallest absolute Gasteiger partial charge is 0.254 e.